The number of nitrogens with two attached hydrogens (primary N) is 1. The maximum absolute atomic E-state index is 12.7. The number of rotatable bonds is 4. The van der Waals surface area contributed by atoms with E-state index >= 15 is 0 Å². The van der Waals surface area contributed by atoms with E-state index in [-0.39, 0.29) is 5.91 Å². The molecule has 1 aliphatic heterocycles. The minimum Gasteiger partial charge on any atom is -0.339 e. The molecule has 1 fully saturated rings. The Morgan fingerprint density at radius 2 is 1.57 bits per heavy atom. The standard InChI is InChI=1S/C16H25N3O3S/c1-12(2)14-4-6-15(7-5-14)23(21,22)19-10-8-18(9-11-19)16(20)13(3)17/h4-7,12-13H,8-11,17H2,1-3H3. The molecule has 1 saturated heterocycles. The molecule has 23 heavy (non-hydrogen) atoms. The van der Waals surface area contributed by atoms with E-state index in [1.165, 1.54) is 4.31 Å². The summed E-state index contributed by atoms with van der Waals surface area (Å²) in [6.45, 7) is 7.13. The Bertz CT molecular complexity index is 646. The first kappa shape index (κ1) is 17.9. The lowest BCUT2D eigenvalue weighted by Gasteiger charge is -2.34. The molecule has 1 unspecified atom stereocenters. The molecule has 0 radical (unpaired) electrons. The van der Waals surface area contributed by atoms with Crippen LogP contribution in [-0.2, 0) is 14.8 Å². The first-order chi connectivity index (χ1) is 10.7. The fourth-order valence-electron chi connectivity index (χ4n) is 2.61. The first-order valence-electron chi connectivity index (χ1n) is 7.88. The van der Waals surface area contributed by atoms with Gasteiger partial charge in [-0.2, -0.15) is 4.31 Å². The average Bonchev–Trinajstić information content (AvgIpc) is 2.54. The van der Waals surface area contributed by atoms with Crippen LogP contribution < -0.4 is 5.73 Å². The second kappa shape index (κ2) is 6.98. The van der Waals surface area contributed by atoms with Crippen molar-refractivity contribution in [1.82, 2.24) is 9.21 Å². The quantitative estimate of drug-likeness (QED) is 0.887. The third kappa shape index (κ3) is 3.91. The van der Waals surface area contributed by atoms with Gasteiger partial charge in [0, 0.05) is 26.2 Å². The molecular weight excluding hydrogens is 314 g/mol. The minimum absolute atomic E-state index is 0.136. The molecule has 0 aromatic heterocycles. The summed E-state index contributed by atoms with van der Waals surface area (Å²) < 4.78 is 26.8. The lowest BCUT2D eigenvalue weighted by atomic mass is 10.0. The van der Waals surface area contributed by atoms with Crippen LogP contribution in [0.5, 0.6) is 0 Å². The van der Waals surface area contributed by atoms with Crippen molar-refractivity contribution in [3.63, 3.8) is 0 Å². The van der Waals surface area contributed by atoms with Crippen LogP contribution in [0.3, 0.4) is 0 Å². The topological polar surface area (TPSA) is 83.7 Å². The van der Waals surface area contributed by atoms with Crippen molar-refractivity contribution in [3.8, 4) is 0 Å². The zero-order valence-corrected chi connectivity index (χ0v) is 14.7. The highest BCUT2D eigenvalue weighted by Crippen LogP contribution is 2.21. The Balaban J connectivity index is 2.08. The van der Waals surface area contributed by atoms with Gasteiger partial charge in [0.1, 0.15) is 0 Å². The SMILES string of the molecule is CC(N)C(=O)N1CCN(S(=O)(=O)c2ccc(C(C)C)cc2)CC1. The summed E-state index contributed by atoms with van der Waals surface area (Å²) in [7, 11) is -3.51. The molecule has 0 aliphatic carbocycles. The lowest BCUT2D eigenvalue weighted by Crippen LogP contribution is -2.53. The van der Waals surface area contributed by atoms with E-state index in [2.05, 4.69) is 13.8 Å². The van der Waals surface area contributed by atoms with Crippen molar-refractivity contribution < 1.29 is 13.2 Å². The van der Waals surface area contributed by atoms with Crippen LogP contribution in [0.2, 0.25) is 0 Å². The zero-order valence-electron chi connectivity index (χ0n) is 13.9. The summed E-state index contributed by atoms with van der Waals surface area (Å²) in [6.07, 6.45) is 0. The van der Waals surface area contributed by atoms with Crippen LogP contribution in [0.4, 0.5) is 0 Å². The molecule has 1 aromatic carbocycles. The lowest BCUT2D eigenvalue weighted by molar-refractivity contribution is -0.133. The molecule has 1 atom stereocenters. The average molecular weight is 339 g/mol. The summed E-state index contributed by atoms with van der Waals surface area (Å²) in [5.41, 5.74) is 6.70. The third-order valence-electron chi connectivity index (χ3n) is 4.12. The van der Waals surface area contributed by atoms with E-state index in [1.54, 1.807) is 24.0 Å². The Labute approximate surface area is 138 Å². The number of piperazine rings is 1. The summed E-state index contributed by atoms with van der Waals surface area (Å²) in [6, 6.07) is 6.47. The van der Waals surface area contributed by atoms with E-state index in [9.17, 15) is 13.2 Å². The number of hydrogen-bond donors (Lipinski definition) is 1. The number of nitrogens with zero attached hydrogens (tertiary/aromatic N) is 2. The van der Waals surface area contributed by atoms with Gasteiger partial charge < -0.3 is 10.6 Å². The Hall–Kier alpha value is -1.44. The molecule has 2 N–H and O–H groups in total. The first-order valence-corrected chi connectivity index (χ1v) is 9.32. The second-order valence-corrected chi connectivity index (χ2v) is 8.18. The van der Waals surface area contributed by atoms with Crippen LogP contribution in [-0.4, -0.2) is 55.8 Å². The van der Waals surface area contributed by atoms with Crippen LogP contribution in [0.25, 0.3) is 0 Å². The van der Waals surface area contributed by atoms with E-state index < -0.39 is 16.1 Å². The maximum Gasteiger partial charge on any atom is 0.243 e. The Morgan fingerprint density at radius 1 is 1.04 bits per heavy atom. The fourth-order valence-corrected chi connectivity index (χ4v) is 4.03. The molecule has 1 amide bonds. The van der Waals surface area contributed by atoms with Gasteiger partial charge in [-0.25, -0.2) is 8.42 Å². The summed E-state index contributed by atoms with van der Waals surface area (Å²) >= 11 is 0. The van der Waals surface area contributed by atoms with Crippen molar-refractivity contribution in [1.29, 1.82) is 0 Å². The smallest absolute Gasteiger partial charge is 0.243 e. The molecular formula is C16H25N3O3S. The molecule has 7 heteroatoms. The Kier molecular flexibility index (Phi) is 5.44. The monoisotopic (exact) mass is 339 g/mol. The van der Waals surface area contributed by atoms with E-state index in [4.69, 9.17) is 5.73 Å². The molecule has 1 aromatic rings. The van der Waals surface area contributed by atoms with Crippen molar-refractivity contribution in [2.24, 2.45) is 5.73 Å². The highest BCUT2D eigenvalue weighted by atomic mass is 32.2. The molecule has 2 rings (SSSR count). The van der Waals surface area contributed by atoms with Crippen LogP contribution >= 0.6 is 0 Å². The van der Waals surface area contributed by atoms with Crippen LogP contribution in [0.15, 0.2) is 29.2 Å². The molecule has 0 bridgehead atoms. The molecule has 0 saturated carbocycles. The van der Waals surface area contributed by atoms with Gasteiger partial charge in [-0.3, -0.25) is 4.79 Å². The summed E-state index contributed by atoms with van der Waals surface area (Å²) in [5.74, 6) is 0.225. The van der Waals surface area contributed by atoms with Crippen LogP contribution in [0.1, 0.15) is 32.3 Å². The number of carbonyl (C=O) groups excluding carboxylic acids is 1. The fraction of sp³-hybridized carbons (Fsp3) is 0.562. The molecule has 1 aliphatic rings. The number of amides is 1. The highest BCUT2D eigenvalue weighted by Gasteiger charge is 2.30. The van der Waals surface area contributed by atoms with E-state index in [1.807, 2.05) is 12.1 Å². The summed E-state index contributed by atoms with van der Waals surface area (Å²) in [5, 5.41) is 0. The van der Waals surface area contributed by atoms with Crippen LogP contribution in [0, 0.1) is 0 Å². The largest absolute Gasteiger partial charge is 0.339 e. The maximum atomic E-state index is 12.7. The molecule has 1 heterocycles. The predicted octanol–water partition coefficient (Wildman–Crippen LogP) is 0.990. The normalized spacial score (nSPS) is 18.2. The van der Waals surface area contributed by atoms with Gasteiger partial charge in [-0.05, 0) is 30.5 Å². The van der Waals surface area contributed by atoms with Gasteiger partial charge in [0.25, 0.3) is 0 Å². The summed E-state index contributed by atoms with van der Waals surface area (Å²) in [4.78, 5) is 13.8. The van der Waals surface area contributed by atoms with Crippen molar-refractivity contribution in [3.05, 3.63) is 29.8 Å². The molecule has 6 nitrogen and oxygen atoms in total. The van der Waals surface area contributed by atoms with Gasteiger partial charge in [0.2, 0.25) is 15.9 Å². The van der Waals surface area contributed by atoms with Crippen molar-refractivity contribution in [2.75, 3.05) is 26.2 Å². The minimum atomic E-state index is -3.51. The van der Waals surface area contributed by atoms with E-state index in [0.29, 0.717) is 37.0 Å². The van der Waals surface area contributed by atoms with E-state index in [0.717, 1.165) is 5.56 Å². The van der Waals surface area contributed by atoms with Gasteiger partial charge in [-0.15, -0.1) is 0 Å². The van der Waals surface area contributed by atoms with Crippen molar-refractivity contribution in [2.45, 2.75) is 37.6 Å². The molecule has 0 spiro atoms. The second-order valence-electron chi connectivity index (χ2n) is 6.24. The number of sulfonamides is 1. The van der Waals surface area contributed by atoms with Gasteiger partial charge >= 0.3 is 0 Å². The molecule has 128 valence electrons. The number of hydrogen-bond acceptors (Lipinski definition) is 4. The zero-order chi connectivity index (χ0) is 17.2. The van der Waals surface area contributed by atoms with Gasteiger partial charge in [0.15, 0.2) is 0 Å². The third-order valence-corrected chi connectivity index (χ3v) is 6.04. The number of carbonyl (C=O) groups is 1. The van der Waals surface area contributed by atoms with Crippen molar-refractivity contribution >= 4 is 15.9 Å². The Morgan fingerprint density at radius 3 is 2.00 bits per heavy atom. The van der Waals surface area contributed by atoms with Gasteiger partial charge in [-0.1, -0.05) is 26.0 Å². The predicted molar refractivity (Wildman–Crippen MR) is 89.5 cm³/mol. The van der Waals surface area contributed by atoms with Gasteiger partial charge in [0.05, 0.1) is 10.9 Å². The highest BCUT2D eigenvalue weighted by molar-refractivity contribution is 7.89. The number of benzene rings is 1.